The zero-order valence-corrected chi connectivity index (χ0v) is 13.6. The first-order valence-corrected chi connectivity index (χ1v) is 8.90. The molecule has 1 saturated carbocycles. The van der Waals surface area contributed by atoms with Crippen LogP contribution in [0.25, 0.3) is 0 Å². The monoisotopic (exact) mass is 286 g/mol. The fourth-order valence-corrected chi connectivity index (χ4v) is 4.46. The molecule has 0 amide bonds. The Morgan fingerprint density at radius 1 is 1.14 bits per heavy atom. The summed E-state index contributed by atoms with van der Waals surface area (Å²) in [6, 6.07) is 10.3. The largest absolute Gasteiger partial charge is 0.368 e. The van der Waals surface area contributed by atoms with Gasteiger partial charge in [-0.05, 0) is 56.7 Å². The molecule has 2 aliphatic rings. The van der Waals surface area contributed by atoms with Crippen LogP contribution in [0.1, 0.15) is 64.0 Å². The number of benzene rings is 1. The smallest absolute Gasteiger partial charge is 0.0417 e. The lowest BCUT2D eigenvalue weighted by Gasteiger charge is -2.46. The van der Waals surface area contributed by atoms with Crippen molar-refractivity contribution in [2.75, 3.05) is 18.0 Å². The van der Waals surface area contributed by atoms with Crippen LogP contribution in [-0.2, 0) is 0 Å². The van der Waals surface area contributed by atoms with Crippen LogP contribution in [0.5, 0.6) is 0 Å². The molecule has 2 nitrogen and oxygen atoms in total. The van der Waals surface area contributed by atoms with Crippen molar-refractivity contribution in [3.8, 4) is 0 Å². The molecule has 1 aromatic carbocycles. The van der Waals surface area contributed by atoms with Crippen molar-refractivity contribution in [2.24, 2.45) is 5.92 Å². The van der Waals surface area contributed by atoms with Crippen LogP contribution in [0.2, 0.25) is 0 Å². The molecule has 1 aliphatic heterocycles. The highest BCUT2D eigenvalue weighted by molar-refractivity contribution is 5.56. The van der Waals surface area contributed by atoms with Crippen molar-refractivity contribution in [1.82, 2.24) is 5.32 Å². The predicted octanol–water partition coefficient (Wildman–Crippen LogP) is 4.52. The van der Waals surface area contributed by atoms with Gasteiger partial charge in [0.05, 0.1) is 0 Å². The Morgan fingerprint density at radius 3 is 2.76 bits per heavy atom. The third kappa shape index (κ3) is 3.11. The first kappa shape index (κ1) is 14.9. The Morgan fingerprint density at radius 2 is 1.90 bits per heavy atom. The van der Waals surface area contributed by atoms with Crippen molar-refractivity contribution in [2.45, 2.75) is 64.5 Å². The second-order valence-electron chi connectivity index (χ2n) is 6.79. The second kappa shape index (κ2) is 6.83. The molecule has 21 heavy (non-hydrogen) atoms. The van der Waals surface area contributed by atoms with Crippen LogP contribution in [0.3, 0.4) is 0 Å². The first-order chi connectivity index (χ1) is 10.3. The van der Waals surface area contributed by atoms with Crippen LogP contribution in [0.4, 0.5) is 5.69 Å². The van der Waals surface area contributed by atoms with Gasteiger partial charge in [0, 0.05) is 24.3 Å². The van der Waals surface area contributed by atoms with E-state index in [2.05, 4.69) is 48.3 Å². The Kier molecular flexibility index (Phi) is 4.84. The topological polar surface area (TPSA) is 15.3 Å². The Bertz CT molecular complexity index is 455. The number of anilines is 1. The van der Waals surface area contributed by atoms with E-state index in [9.17, 15) is 0 Å². The van der Waals surface area contributed by atoms with Gasteiger partial charge < -0.3 is 10.2 Å². The van der Waals surface area contributed by atoms with Crippen LogP contribution < -0.4 is 10.2 Å². The molecule has 1 heterocycles. The Balaban J connectivity index is 1.88. The summed E-state index contributed by atoms with van der Waals surface area (Å²) in [5.41, 5.74) is 2.97. The normalized spacial score (nSPS) is 27.2. The lowest BCUT2D eigenvalue weighted by molar-refractivity contribution is 0.243. The summed E-state index contributed by atoms with van der Waals surface area (Å²) in [7, 11) is 0. The zero-order chi connectivity index (χ0) is 14.7. The molecule has 1 aliphatic carbocycles. The van der Waals surface area contributed by atoms with E-state index in [0.717, 1.165) is 18.5 Å². The summed E-state index contributed by atoms with van der Waals surface area (Å²) < 4.78 is 0. The lowest BCUT2D eigenvalue weighted by atomic mass is 9.78. The highest BCUT2D eigenvalue weighted by atomic mass is 15.2. The maximum Gasteiger partial charge on any atom is 0.0417 e. The fourth-order valence-electron chi connectivity index (χ4n) is 4.46. The van der Waals surface area contributed by atoms with Crippen molar-refractivity contribution in [1.29, 1.82) is 0 Å². The van der Waals surface area contributed by atoms with Crippen LogP contribution in [-0.4, -0.2) is 19.1 Å². The van der Waals surface area contributed by atoms with Crippen molar-refractivity contribution in [3.05, 3.63) is 29.8 Å². The molecule has 1 N–H and O–H groups in total. The summed E-state index contributed by atoms with van der Waals surface area (Å²) >= 11 is 0. The third-order valence-electron chi connectivity index (χ3n) is 5.47. The number of fused-ring (bicyclic) bond motifs is 1. The standard InChI is InChI=1S/C19H30N2/c1-3-20-15(2)17-11-5-7-13-19(17)21-14-8-10-16-9-4-6-12-18(16)21/h5,7,11,13,15-16,18,20H,3-4,6,8-10,12,14H2,1-2H3/t15?,16-,18-/m1/s1. The van der Waals surface area contributed by atoms with E-state index in [1.807, 2.05) is 0 Å². The average Bonchev–Trinajstić information content (AvgIpc) is 2.54. The number of piperidine rings is 1. The highest BCUT2D eigenvalue weighted by Gasteiger charge is 2.34. The number of nitrogens with one attached hydrogen (secondary N) is 1. The molecule has 3 atom stereocenters. The molecular formula is C19H30N2. The highest BCUT2D eigenvalue weighted by Crippen LogP contribution is 2.39. The summed E-state index contributed by atoms with van der Waals surface area (Å²) in [5, 5.41) is 3.59. The Labute approximate surface area is 129 Å². The van der Waals surface area contributed by atoms with E-state index in [0.29, 0.717) is 6.04 Å². The van der Waals surface area contributed by atoms with E-state index < -0.39 is 0 Å². The minimum atomic E-state index is 0.440. The molecule has 3 rings (SSSR count). The number of hydrogen-bond acceptors (Lipinski definition) is 2. The van der Waals surface area contributed by atoms with Gasteiger partial charge in [0.25, 0.3) is 0 Å². The van der Waals surface area contributed by atoms with Crippen LogP contribution in [0, 0.1) is 5.92 Å². The minimum Gasteiger partial charge on any atom is -0.368 e. The molecule has 1 saturated heterocycles. The molecule has 1 aromatic rings. The van der Waals surface area contributed by atoms with Crippen molar-refractivity contribution < 1.29 is 0 Å². The first-order valence-electron chi connectivity index (χ1n) is 8.90. The summed E-state index contributed by atoms with van der Waals surface area (Å²) in [4.78, 5) is 2.75. The zero-order valence-electron chi connectivity index (χ0n) is 13.6. The van der Waals surface area contributed by atoms with E-state index in [1.54, 1.807) is 0 Å². The Hall–Kier alpha value is -1.02. The van der Waals surface area contributed by atoms with Gasteiger partial charge in [0.1, 0.15) is 0 Å². The van der Waals surface area contributed by atoms with E-state index >= 15 is 0 Å². The maximum absolute atomic E-state index is 3.59. The number of hydrogen-bond donors (Lipinski definition) is 1. The van der Waals surface area contributed by atoms with Gasteiger partial charge in [-0.3, -0.25) is 0 Å². The minimum absolute atomic E-state index is 0.440. The molecule has 116 valence electrons. The van der Waals surface area contributed by atoms with Crippen molar-refractivity contribution in [3.63, 3.8) is 0 Å². The molecular weight excluding hydrogens is 256 g/mol. The van der Waals surface area contributed by atoms with Gasteiger partial charge in [-0.15, -0.1) is 0 Å². The van der Waals surface area contributed by atoms with Gasteiger partial charge >= 0.3 is 0 Å². The fraction of sp³-hybridized carbons (Fsp3) is 0.684. The molecule has 0 radical (unpaired) electrons. The molecule has 2 heteroatoms. The SMILES string of the molecule is CCNC(C)c1ccccc1N1CCC[C@H]2CCCC[C@H]21. The summed E-state index contributed by atoms with van der Waals surface area (Å²) in [6.45, 7) is 6.76. The quantitative estimate of drug-likeness (QED) is 0.875. The van der Waals surface area contributed by atoms with Gasteiger partial charge in [-0.1, -0.05) is 38.0 Å². The van der Waals surface area contributed by atoms with Gasteiger partial charge in [0.2, 0.25) is 0 Å². The average molecular weight is 286 g/mol. The maximum atomic E-state index is 3.59. The van der Waals surface area contributed by atoms with Crippen LogP contribution >= 0.6 is 0 Å². The molecule has 0 spiro atoms. The van der Waals surface area contributed by atoms with Gasteiger partial charge in [-0.25, -0.2) is 0 Å². The van der Waals surface area contributed by atoms with E-state index in [-0.39, 0.29) is 0 Å². The molecule has 2 fully saturated rings. The van der Waals surface area contributed by atoms with Gasteiger partial charge in [-0.2, -0.15) is 0 Å². The predicted molar refractivity (Wildman–Crippen MR) is 90.9 cm³/mol. The number of rotatable bonds is 4. The number of para-hydroxylation sites is 1. The second-order valence-corrected chi connectivity index (χ2v) is 6.79. The molecule has 1 unspecified atom stereocenters. The molecule has 0 aromatic heterocycles. The van der Waals surface area contributed by atoms with Crippen LogP contribution in [0.15, 0.2) is 24.3 Å². The van der Waals surface area contributed by atoms with Crippen molar-refractivity contribution >= 4 is 5.69 Å². The summed E-state index contributed by atoms with van der Waals surface area (Å²) in [6.07, 6.45) is 8.53. The summed E-state index contributed by atoms with van der Waals surface area (Å²) in [5.74, 6) is 0.940. The lowest BCUT2D eigenvalue weighted by Crippen LogP contribution is -2.47. The van der Waals surface area contributed by atoms with E-state index in [1.165, 1.54) is 56.3 Å². The van der Waals surface area contributed by atoms with E-state index in [4.69, 9.17) is 0 Å². The third-order valence-corrected chi connectivity index (χ3v) is 5.47. The molecule has 0 bridgehead atoms. The number of nitrogens with zero attached hydrogens (tertiary/aromatic N) is 1. The van der Waals surface area contributed by atoms with Gasteiger partial charge in [0.15, 0.2) is 0 Å².